The Morgan fingerprint density at radius 2 is 1.62 bits per heavy atom. The van der Waals surface area contributed by atoms with E-state index in [1.54, 1.807) is 0 Å². The van der Waals surface area contributed by atoms with E-state index in [1.807, 2.05) is 30.3 Å². The van der Waals surface area contributed by atoms with Gasteiger partial charge in [0.05, 0.1) is 17.1 Å². The van der Waals surface area contributed by atoms with E-state index in [1.165, 1.54) is 27.6 Å². The molecule has 5 nitrogen and oxygen atoms in total. The zero-order chi connectivity index (χ0) is 27.9. The lowest BCUT2D eigenvalue weighted by Crippen LogP contribution is -2.67. The molecule has 2 aliphatic heterocycles. The van der Waals surface area contributed by atoms with Crippen molar-refractivity contribution in [2.45, 2.75) is 55.8 Å². The van der Waals surface area contributed by atoms with Crippen molar-refractivity contribution in [3.05, 3.63) is 89.0 Å². The summed E-state index contributed by atoms with van der Waals surface area (Å²) in [6.07, 6.45) is -3.56. The molecule has 2 fully saturated rings. The van der Waals surface area contributed by atoms with Gasteiger partial charge >= 0.3 is 6.18 Å². The molecule has 0 unspecified atom stereocenters. The number of aliphatic hydroxyl groups excluding tert-OH is 1. The topological polar surface area (TPSA) is 60.9 Å². The molecule has 3 atom stereocenters. The number of hydrogen-bond acceptors (Lipinski definition) is 4. The van der Waals surface area contributed by atoms with Gasteiger partial charge in [-0.25, -0.2) is 8.42 Å². The predicted molar refractivity (Wildman–Crippen MR) is 145 cm³/mol. The fourth-order valence-electron chi connectivity index (χ4n) is 6.14. The molecule has 9 heteroatoms. The summed E-state index contributed by atoms with van der Waals surface area (Å²) in [5, 5.41) is 10.2. The molecule has 2 aliphatic rings. The highest BCUT2D eigenvalue weighted by Crippen LogP contribution is 2.44. The molecule has 0 amide bonds. The second-order valence-corrected chi connectivity index (χ2v) is 12.4. The lowest BCUT2D eigenvalue weighted by Gasteiger charge is -2.57. The quantitative estimate of drug-likeness (QED) is 0.443. The Hall–Kier alpha value is -2.72. The zero-order valence-electron chi connectivity index (χ0n) is 22.0. The Morgan fingerprint density at radius 3 is 2.31 bits per heavy atom. The molecule has 0 bridgehead atoms. The first-order chi connectivity index (χ1) is 18.5. The molecular formula is C30H33F3N2O3S. The predicted octanol–water partition coefficient (Wildman–Crippen LogP) is 5.60. The summed E-state index contributed by atoms with van der Waals surface area (Å²) >= 11 is 0. The van der Waals surface area contributed by atoms with Crippen LogP contribution in [0.3, 0.4) is 0 Å². The average molecular weight is 559 g/mol. The number of rotatable bonds is 5. The number of halogens is 3. The van der Waals surface area contributed by atoms with Gasteiger partial charge in [-0.05, 0) is 73.2 Å². The molecule has 0 aromatic heterocycles. The van der Waals surface area contributed by atoms with Crippen molar-refractivity contribution < 1.29 is 26.7 Å². The van der Waals surface area contributed by atoms with Gasteiger partial charge in [0.2, 0.25) is 10.0 Å². The minimum atomic E-state index is -4.78. The van der Waals surface area contributed by atoms with Gasteiger partial charge in [0, 0.05) is 31.1 Å². The van der Waals surface area contributed by atoms with Crippen LogP contribution < -0.4 is 0 Å². The fraction of sp³-hybridized carbons (Fsp3) is 0.400. The first-order valence-corrected chi connectivity index (χ1v) is 14.7. The number of aryl methyl sites for hydroxylation is 1. The molecule has 3 aromatic carbocycles. The summed E-state index contributed by atoms with van der Waals surface area (Å²) in [6.45, 7) is 5.01. The monoisotopic (exact) mass is 558 g/mol. The average Bonchev–Trinajstić information content (AvgIpc) is 2.89. The van der Waals surface area contributed by atoms with Crippen LogP contribution in [0.15, 0.2) is 71.6 Å². The molecule has 2 heterocycles. The molecule has 0 radical (unpaired) electrons. The van der Waals surface area contributed by atoms with Gasteiger partial charge in [-0.3, -0.25) is 4.90 Å². The molecular weight excluding hydrogens is 525 g/mol. The number of nitrogens with zero attached hydrogens (tertiary/aromatic N) is 2. The number of benzene rings is 3. The van der Waals surface area contributed by atoms with Crippen molar-refractivity contribution >= 4 is 10.0 Å². The van der Waals surface area contributed by atoms with Gasteiger partial charge in [0.1, 0.15) is 0 Å². The second kappa shape index (κ2) is 10.7. The van der Waals surface area contributed by atoms with E-state index in [4.69, 9.17) is 0 Å². The van der Waals surface area contributed by atoms with Crippen LogP contribution in [0.2, 0.25) is 0 Å². The van der Waals surface area contributed by atoms with Crippen molar-refractivity contribution in [2.75, 3.05) is 26.2 Å². The Bertz CT molecular complexity index is 1440. The molecule has 1 N–H and O–H groups in total. The largest absolute Gasteiger partial charge is 0.417 e. The van der Waals surface area contributed by atoms with E-state index in [2.05, 4.69) is 30.9 Å². The summed E-state index contributed by atoms with van der Waals surface area (Å²) in [6, 6.07) is 18.3. The summed E-state index contributed by atoms with van der Waals surface area (Å²) < 4.78 is 69.5. The molecule has 3 aromatic rings. The SMILES string of the molecule is Cc1cccc(-c2ccc([C@@H]3[C@@H](CO)N4CCCCN(S(=O)(=O)c5ccccc5C(F)(F)F)C[C@@H]34)cc2)c1C. The Kier molecular flexibility index (Phi) is 7.63. The van der Waals surface area contributed by atoms with E-state index >= 15 is 0 Å². The van der Waals surface area contributed by atoms with Crippen LogP contribution in [0, 0.1) is 13.8 Å². The highest BCUT2D eigenvalue weighted by Gasteiger charge is 2.50. The molecule has 39 heavy (non-hydrogen) atoms. The summed E-state index contributed by atoms with van der Waals surface area (Å²) in [7, 11) is -4.40. The lowest BCUT2D eigenvalue weighted by molar-refractivity contribution is -0.139. The van der Waals surface area contributed by atoms with Gasteiger partial charge in [-0.1, -0.05) is 54.6 Å². The third kappa shape index (κ3) is 5.13. The molecule has 208 valence electrons. The van der Waals surface area contributed by atoms with Crippen molar-refractivity contribution in [2.24, 2.45) is 0 Å². The van der Waals surface area contributed by atoms with Crippen molar-refractivity contribution in [3.8, 4) is 11.1 Å². The van der Waals surface area contributed by atoms with Gasteiger partial charge in [-0.15, -0.1) is 0 Å². The first-order valence-electron chi connectivity index (χ1n) is 13.2. The summed E-state index contributed by atoms with van der Waals surface area (Å²) in [5.74, 6) is -0.142. The smallest absolute Gasteiger partial charge is 0.395 e. The van der Waals surface area contributed by atoms with Crippen LogP contribution in [0.5, 0.6) is 0 Å². The number of sulfonamides is 1. The van der Waals surface area contributed by atoms with Crippen LogP contribution in [-0.2, 0) is 16.2 Å². The van der Waals surface area contributed by atoms with E-state index in [0.717, 1.165) is 28.8 Å². The number of aliphatic hydroxyl groups is 1. The lowest BCUT2D eigenvalue weighted by atomic mass is 9.74. The van der Waals surface area contributed by atoms with Crippen LogP contribution in [0.4, 0.5) is 13.2 Å². The summed E-state index contributed by atoms with van der Waals surface area (Å²) in [5.41, 5.74) is 4.45. The van der Waals surface area contributed by atoms with E-state index < -0.39 is 26.7 Å². The van der Waals surface area contributed by atoms with Crippen LogP contribution >= 0.6 is 0 Å². The maximum atomic E-state index is 13.7. The molecule has 0 aliphatic carbocycles. The normalized spacial score (nSPS) is 23.0. The molecule has 0 spiro atoms. The third-order valence-corrected chi connectivity index (χ3v) is 10.3. The van der Waals surface area contributed by atoms with E-state index in [0.29, 0.717) is 19.4 Å². The van der Waals surface area contributed by atoms with Gasteiger partial charge in [0.25, 0.3) is 0 Å². The Balaban J connectivity index is 1.46. The standard InChI is InChI=1S/C30H33F3N2O3S/c1-20-8-7-9-24(21(20)2)22-12-14-23(15-13-22)29-26-18-34(16-5-6-17-35(26)27(29)19-36)39(37,38)28-11-4-3-10-25(28)30(31,32)33/h3-4,7-15,26-27,29,36H,5-6,16-19H2,1-2H3/t26-,27+,29-/m0/s1. The van der Waals surface area contributed by atoms with Gasteiger partial charge in [0.15, 0.2) is 0 Å². The first kappa shape index (κ1) is 27.8. The highest BCUT2D eigenvalue weighted by molar-refractivity contribution is 7.89. The second-order valence-electron chi connectivity index (χ2n) is 10.5. The van der Waals surface area contributed by atoms with E-state index in [-0.39, 0.29) is 37.7 Å². The molecule has 2 saturated heterocycles. The maximum absolute atomic E-state index is 13.7. The molecule has 0 saturated carbocycles. The van der Waals surface area contributed by atoms with Crippen molar-refractivity contribution in [1.29, 1.82) is 0 Å². The minimum absolute atomic E-state index is 0.0639. The van der Waals surface area contributed by atoms with Gasteiger partial charge in [-0.2, -0.15) is 17.5 Å². The number of alkyl halides is 3. The van der Waals surface area contributed by atoms with E-state index in [9.17, 15) is 26.7 Å². The maximum Gasteiger partial charge on any atom is 0.417 e. The summed E-state index contributed by atoms with van der Waals surface area (Å²) in [4.78, 5) is 1.40. The van der Waals surface area contributed by atoms with Crippen molar-refractivity contribution in [1.82, 2.24) is 9.21 Å². The Labute approximate surface area is 227 Å². The Morgan fingerprint density at radius 1 is 0.923 bits per heavy atom. The van der Waals surface area contributed by atoms with Crippen LogP contribution in [0.1, 0.15) is 41.0 Å². The number of hydrogen-bond donors (Lipinski definition) is 1. The van der Waals surface area contributed by atoms with Crippen molar-refractivity contribution in [3.63, 3.8) is 0 Å². The fourth-order valence-corrected chi connectivity index (χ4v) is 7.85. The number of fused-ring (bicyclic) bond motifs is 1. The minimum Gasteiger partial charge on any atom is -0.395 e. The zero-order valence-corrected chi connectivity index (χ0v) is 22.8. The third-order valence-electron chi connectivity index (χ3n) is 8.35. The van der Waals surface area contributed by atoms with Gasteiger partial charge < -0.3 is 5.11 Å². The van der Waals surface area contributed by atoms with Crippen LogP contribution in [-0.4, -0.2) is 61.1 Å². The van der Waals surface area contributed by atoms with Crippen LogP contribution in [0.25, 0.3) is 11.1 Å². The molecule has 5 rings (SSSR count). The highest BCUT2D eigenvalue weighted by atomic mass is 32.2.